The maximum atomic E-state index is 13.9. The van der Waals surface area contributed by atoms with Crippen molar-refractivity contribution in [3.63, 3.8) is 0 Å². The molecule has 0 fully saturated rings. The van der Waals surface area contributed by atoms with Crippen molar-refractivity contribution in [1.29, 1.82) is 0 Å². The molecule has 1 atom stereocenters. The summed E-state index contributed by atoms with van der Waals surface area (Å²) in [5.41, 5.74) is 0.931. The third kappa shape index (κ3) is 8.35. The lowest BCUT2D eigenvalue weighted by Crippen LogP contribution is -2.51. The topological polar surface area (TPSA) is 86.8 Å². The molecule has 0 saturated heterocycles. The van der Waals surface area contributed by atoms with Gasteiger partial charge in [0.15, 0.2) is 0 Å². The van der Waals surface area contributed by atoms with Crippen LogP contribution in [-0.2, 0) is 26.2 Å². The number of anilines is 1. The quantitative estimate of drug-likeness (QED) is 0.287. The second kappa shape index (κ2) is 13.5. The van der Waals surface area contributed by atoms with Crippen LogP contribution in [0.15, 0.2) is 77.7 Å². The molecule has 1 N–H and O–H groups in total. The fourth-order valence-corrected chi connectivity index (χ4v) is 5.56. The zero-order valence-corrected chi connectivity index (χ0v) is 24.9. The summed E-state index contributed by atoms with van der Waals surface area (Å²) in [4.78, 5) is 28.2. The molecule has 3 aromatic carbocycles. The molecule has 0 radical (unpaired) electrons. The fourth-order valence-electron chi connectivity index (χ4n) is 3.72. The summed E-state index contributed by atoms with van der Waals surface area (Å²) in [6.07, 6.45) is 0. The second-order valence-electron chi connectivity index (χ2n) is 9.41. The van der Waals surface area contributed by atoms with Gasteiger partial charge >= 0.3 is 0 Å². The van der Waals surface area contributed by atoms with Gasteiger partial charge in [-0.05, 0) is 73.0 Å². The van der Waals surface area contributed by atoms with Crippen molar-refractivity contribution >= 4 is 62.3 Å². The second-order valence-corrected chi connectivity index (χ2v) is 12.6. The Kier molecular flexibility index (Phi) is 10.7. The molecule has 0 aliphatic carbocycles. The predicted octanol–water partition coefficient (Wildman–Crippen LogP) is 6.03. The van der Waals surface area contributed by atoms with Crippen molar-refractivity contribution in [3.05, 3.63) is 93.4 Å². The first-order valence-corrected chi connectivity index (χ1v) is 14.8. The maximum Gasteiger partial charge on any atom is 0.264 e. The standard InChI is InChI=1S/C28H30Cl3N3O4S/c1-19(2)16-32-28(36)20(3)33(17-21-7-9-22(29)10-8-21)27(35)18-34(25-6-4-5-24(31)15-25)39(37,38)26-13-11-23(30)12-14-26/h4-15,19-20H,16-18H2,1-3H3,(H,32,36)/t20-/m0/s1. The van der Waals surface area contributed by atoms with Crippen molar-refractivity contribution in [2.24, 2.45) is 5.92 Å². The summed E-state index contributed by atoms with van der Waals surface area (Å²) in [5, 5.41) is 4.05. The molecule has 0 heterocycles. The van der Waals surface area contributed by atoms with E-state index >= 15 is 0 Å². The summed E-state index contributed by atoms with van der Waals surface area (Å²) >= 11 is 18.2. The highest BCUT2D eigenvalue weighted by Gasteiger charge is 2.32. The molecule has 3 aromatic rings. The smallest absolute Gasteiger partial charge is 0.264 e. The third-order valence-electron chi connectivity index (χ3n) is 5.89. The summed E-state index contributed by atoms with van der Waals surface area (Å²) in [5.74, 6) is -0.708. The molecule has 0 unspecified atom stereocenters. The fraction of sp³-hybridized carbons (Fsp3) is 0.286. The van der Waals surface area contributed by atoms with Gasteiger partial charge in [-0.3, -0.25) is 13.9 Å². The first-order valence-electron chi connectivity index (χ1n) is 12.2. The Morgan fingerprint density at radius 1 is 0.846 bits per heavy atom. The van der Waals surface area contributed by atoms with E-state index in [-0.39, 0.29) is 29.0 Å². The molecule has 208 valence electrons. The van der Waals surface area contributed by atoms with Gasteiger partial charge in [0, 0.05) is 28.2 Å². The number of hydrogen-bond acceptors (Lipinski definition) is 4. The molecule has 11 heteroatoms. The van der Waals surface area contributed by atoms with Crippen LogP contribution in [0.1, 0.15) is 26.3 Å². The van der Waals surface area contributed by atoms with Gasteiger partial charge in [0.25, 0.3) is 10.0 Å². The molecular weight excluding hydrogens is 581 g/mol. The number of hydrogen-bond donors (Lipinski definition) is 1. The average molecular weight is 611 g/mol. The van der Waals surface area contributed by atoms with Gasteiger partial charge in [0.1, 0.15) is 12.6 Å². The number of carbonyl (C=O) groups is 2. The predicted molar refractivity (Wildman–Crippen MR) is 157 cm³/mol. The SMILES string of the molecule is CC(C)CNC(=O)[C@H](C)N(Cc1ccc(Cl)cc1)C(=O)CN(c1cccc(Cl)c1)S(=O)(=O)c1ccc(Cl)cc1. The van der Waals surface area contributed by atoms with Gasteiger partial charge in [0.2, 0.25) is 11.8 Å². The first kappa shape index (κ1) is 30.8. The molecule has 3 rings (SSSR count). The van der Waals surface area contributed by atoms with E-state index < -0.39 is 28.5 Å². The van der Waals surface area contributed by atoms with E-state index in [9.17, 15) is 18.0 Å². The van der Waals surface area contributed by atoms with Crippen molar-refractivity contribution in [2.45, 2.75) is 38.3 Å². The van der Waals surface area contributed by atoms with Gasteiger partial charge in [-0.1, -0.05) is 66.8 Å². The normalized spacial score (nSPS) is 12.2. The van der Waals surface area contributed by atoms with Crippen LogP contribution in [0.25, 0.3) is 0 Å². The largest absolute Gasteiger partial charge is 0.354 e. The molecular formula is C28H30Cl3N3O4S. The van der Waals surface area contributed by atoms with Crippen LogP contribution in [0.3, 0.4) is 0 Å². The minimum Gasteiger partial charge on any atom is -0.354 e. The molecule has 7 nitrogen and oxygen atoms in total. The van der Waals surface area contributed by atoms with Gasteiger partial charge in [0.05, 0.1) is 10.6 Å². The van der Waals surface area contributed by atoms with E-state index in [1.165, 1.54) is 35.2 Å². The van der Waals surface area contributed by atoms with Crippen molar-refractivity contribution in [2.75, 3.05) is 17.4 Å². The lowest BCUT2D eigenvalue weighted by molar-refractivity contribution is -0.139. The van der Waals surface area contributed by atoms with E-state index in [0.717, 1.165) is 9.87 Å². The molecule has 0 aliphatic rings. The lowest BCUT2D eigenvalue weighted by atomic mass is 10.1. The van der Waals surface area contributed by atoms with Crippen LogP contribution < -0.4 is 9.62 Å². The summed E-state index contributed by atoms with van der Waals surface area (Å²) < 4.78 is 28.5. The van der Waals surface area contributed by atoms with Crippen LogP contribution in [0, 0.1) is 5.92 Å². The summed E-state index contributed by atoms with van der Waals surface area (Å²) in [7, 11) is -4.21. The molecule has 2 amide bonds. The Morgan fingerprint density at radius 2 is 1.44 bits per heavy atom. The maximum absolute atomic E-state index is 13.9. The summed E-state index contributed by atoms with van der Waals surface area (Å²) in [6.45, 7) is 5.47. The zero-order valence-electron chi connectivity index (χ0n) is 21.8. The van der Waals surface area contributed by atoms with Crippen LogP contribution in [0.5, 0.6) is 0 Å². The van der Waals surface area contributed by atoms with E-state index in [0.29, 0.717) is 21.6 Å². The number of nitrogens with one attached hydrogen (secondary N) is 1. The Morgan fingerprint density at radius 3 is 2.00 bits per heavy atom. The van der Waals surface area contributed by atoms with Crippen LogP contribution >= 0.6 is 34.8 Å². The number of nitrogens with zero attached hydrogens (tertiary/aromatic N) is 2. The van der Waals surface area contributed by atoms with Crippen LogP contribution in [0.4, 0.5) is 5.69 Å². The van der Waals surface area contributed by atoms with Gasteiger partial charge in [-0.2, -0.15) is 0 Å². The third-order valence-corrected chi connectivity index (χ3v) is 8.42. The number of carbonyl (C=O) groups excluding carboxylic acids is 2. The molecule has 0 spiro atoms. The van der Waals surface area contributed by atoms with Gasteiger partial charge in [-0.15, -0.1) is 0 Å². The molecule has 0 aromatic heterocycles. The average Bonchev–Trinajstić information content (AvgIpc) is 2.89. The van der Waals surface area contributed by atoms with E-state index in [4.69, 9.17) is 34.8 Å². The molecule has 39 heavy (non-hydrogen) atoms. The van der Waals surface area contributed by atoms with E-state index in [1.807, 2.05) is 13.8 Å². The van der Waals surface area contributed by atoms with E-state index in [2.05, 4.69) is 5.32 Å². The first-order chi connectivity index (χ1) is 18.4. The molecule has 0 bridgehead atoms. The van der Waals surface area contributed by atoms with Crippen molar-refractivity contribution in [3.8, 4) is 0 Å². The minimum atomic E-state index is -4.21. The number of sulfonamides is 1. The Hall–Kier alpha value is -2.78. The monoisotopic (exact) mass is 609 g/mol. The highest BCUT2D eigenvalue weighted by Crippen LogP contribution is 2.27. The van der Waals surface area contributed by atoms with Crippen LogP contribution in [-0.4, -0.2) is 44.3 Å². The van der Waals surface area contributed by atoms with Gasteiger partial charge < -0.3 is 10.2 Å². The number of amides is 2. The van der Waals surface area contributed by atoms with Crippen molar-refractivity contribution < 1.29 is 18.0 Å². The Balaban J connectivity index is 2.01. The van der Waals surface area contributed by atoms with Gasteiger partial charge in [-0.25, -0.2) is 8.42 Å². The summed E-state index contributed by atoms with van der Waals surface area (Å²) in [6, 6.07) is 17.9. The van der Waals surface area contributed by atoms with Crippen molar-refractivity contribution in [1.82, 2.24) is 10.2 Å². The number of benzene rings is 3. The number of rotatable bonds is 11. The molecule has 0 saturated carbocycles. The minimum absolute atomic E-state index is 0.0494. The van der Waals surface area contributed by atoms with E-state index in [1.54, 1.807) is 49.4 Å². The van der Waals surface area contributed by atoms with Crippen LogP contribution in [0.2, 0.25) is 15.1 Å². The Bertz CT molecular complexity index is 1400. The number of halogens is 3. The highest BCUT2D eigenvalue weighted by molar-refractivity contribution is 7.92. The lowest BCUT2D eigenvalue weighted by Gasteiger charge is -2.32. The molecule has 0 aliphatic heterocycles. The zero-order chi connectivity index (χ0) is 28.7. The Labute approximate surface area is 244 Å². The highest BCUT2D eigenvalue weighted by atomic mass is 35.5.